The lowest BCUT2D eigenvalue weighted by atomic mass is 10.5. The fourth-order valence-electron chi connectivity index (χ4n) is 0.627. The van der Waals surface area contributed by atoms with Crippen LogP contribution >= 0.6 is 0 Å². The van der Waals surface area contributed by atoms with Gasteiger partial charge in [0.15, 0.2) is 0 Å². The number of carbonyl (C=O) groups is 4. The van der Waals surface area contributed by atoms with E-state index in [9.17, 15) is 19.2 Å². The number of urea groups is 1. The maximum atomic E-state index is 10.6. The molecule has 6 N–H and O–H groups in total. The zero-order valence-electron chi connectivity index (χ0n) is 13.0. The minimum absolute atomic E-state index is 0.201. The maximum absolute atomic E-state index is 10.6. The Hall–Kier alpha value is -2.16. The highest BCUT2D eigenvalue weighted by Crippen LogP contribution is 1.74. The number of hydrogen-bond acceptors (Lipinski definition) is 5. The second-order valence-corrected chi connectivity index (χ2v) is 3.38. The van der Waals surface area contributed by atoms with Gasteiger partial charge in [-0.2, -0.15) is 0 Å². The SMILES string of the molecule is CCC(=O)NC(=O)O.CCN.CCNC(=O)NC(=O)CC. The van der Waals surface area contributed by atoms with E-state index in [4.69, 9.17) is 10.8 Å². The molecule has 0 aromatic rings. The molecule has 0 saturated carbocycles. The van der Waals surface area contributed by atoms with Gasteiger partial charge in [0.25, 0.3) is 0 Å². The Bertz CT molecular complexity index is 321. The van der Waals surface area contributed by atoms with Crippen molar-refractivity contribution >= 4 is 23.9 Å². The van der Waals surface area contributed by atoms with Gasteiger partial charge in [-0.1, -0.05) is 20.8 Å². The van der Waals surface area contributed by atoms with E-state index in [0.717, 1.165) is 6.54 Å². The normalized spacial score (nSPS) is 8.05. The van der Waals surface area contributed by atoms with Crippen LogP contribution in [0.25, 0.3) is 0 Å². The van der Waals surface area contributed by atoms with Gasteiger partial charge >= 0.3 is 12.1 Å². The standard InChI is InChI=1S/C6H12N2O2.C4H7NO3.C2H7N/c1-3-5(9)8-6(10)7-4-2;1-2-3(6)5-4(7)8;1-2-3/h3-4H2,1-2H3,(H2,7,8,9,10);2H2,1H3,(H,5,6)(H,7,8);2-3H2,1H3. The summed E-state index contributed by atoms with van der Waals surface area (Å²) in [7, 11) is 0. The molecule has 0 heterocycles. The maximum Gasteiger partial charge on any atom is 0.411 e. The van der Waals surface area contributed by atoms with Crippen molar-refractivity contribution in [1.82, 2.24) is 16.0 Å². The highest BCUT2D eigenvalue weighted by Gasteiger charge is 2.01. The number of imide groups is 2. The third-order valence-corrected chi connectivity index (χ3v) is 1.48. The van der Waals surface area contributed by atoms with Crippen molar-refractivity contribution in [3.63, 3.8) is 0 Å². The molecule has 0 aliphatic rings. The van der Waals surface area contributed by atoms with Crippen molar-refractivity contribution in [2.75, 3.05) is 13.1 Å². The van der Waals surface area contributed by atoms with Crippen molar-refractivity contribution in [2.24, 2.45) is 5.73 Å². The quantitative estimate of drug-likeness (QED) is 0.509. The molecule has 0 spiro atoms. The third kappa shape index (κ3) is 27.2. The van der Waals surface area contributed by atoms with Gasteiger partial charge in [0.05, 0.1) is 0 Å². The van der Waals surface area contributed by atoms with Gasteiger partial charge in [0.1, 0.15) is 0 Å². The zero-order chi connectivity index (χ0) is 17.3. The highest BCUT2D eigenvalue weighted by molar-refractivity contribution is 5.94. The molecule has 0 aromatic carbocycles. The summed E-state index contributed by atoms with van der Waals surface area (Å²) in [5.41, 5.74) is 4.85. The van der Waals surface area contributed by atoms with E-state index < -0.39 is 18.0 Å². The fraction of sp³-hybridized carbons (Fsp3) is 0.667. The monoisotopic (exact) mass is 306 g/mol. The van der Waals surface area contributed by atoms with Crippen LogP contribution in [-0.4, -0.2) is 42.1 Å². The molecule has 0 saturated heterocycles. The first kappa shape index (κ1) is 23.9. The van der Waals surface area contributed by atoms with Crippen LogP contribution in [0.15, 0.2) is 0 Å². The van der Waals surface area contributed by atoms with Crippen molar-refractivity contribution < 1.29 is 24.3 Å². The van der Waals surface area contributed by atoms with Gasteiger partial charge in [-0.05, 0) is 13.5 Å². The van der Waals surface area contributed by atoms with Crippen LogP contribution in [0.5, 0.6) is 0 Å². The second-order valence-electron chi connectivity index (χ2n) is 3.38. The Labute approximate surface area is 124 Å². The first-order chi connectivity index (χ1) is 9.78. The Balaban J connectivity index is -0.000000264. The summed E-state index contributed by atoms with van der Waals surface area (Å²) < 4.78 is 0. The topological polar surface area (TPSA) is 151 Å². The van der Waals surface area contributed by atoms with Crippen LogP contribution in [0.2, 0.25) is 0 Å². The van der Waals surface area contributed by atoms with Crippen molar-refractivity contribution in [3.05, 3.63) is 0 Å². The van der Waals surface area contributed by atoms with Crippen LogP contribution in [0.1, 0.15) is 40.5 Å². The van der Waals surface area contributed by atoms with Gasteiger partial charge in [-0.25, -0.2) is 9.59 Å². The van der Waals surface area contributed by atoms with Gasteiger partial charge in [0, 0.05) is 19.4 Å². The fourth-order valence-corrected chi connectivity index (χ4v) is 0.627. The molecule has 0 fully saturated rings. The molecule has 5 amide bonds. The molecule has 0 radical (unpaired) electrons. The van der Waals surface area contributed by atoms with Gasteiger partial charge in [-0.3, -0.25) is 20.2 Å². The molecule has 0 aliphatic carbocycles. The zero-order valence-corrected chi connectivity index (χ0v) is 13.0. The van der Waals surface area contributed by atoms with E-state index in [-0.39, 0.29) is 12.3 Å². The summed E-state index contributed by atoms with van der Waals surface area (Å²) in [5.74, 6) is -0.733. The van der Waals surface area contributed by atoms with Gasteiger partial charge < -0.3 is 16.2 Å². The highest BCUT2D eigenvalue weighted by atomic mass is 16.4. The van der Waals surface area contributed by atoms with E-state index in [1.54, 1.807) is 26.1 Å². The lowest BCUT2D eigenvalue weighted by Crippen LogP contribution is -2.38. The molecule has 0 atom stereocenters. The summed E-state index contributed by atoms with van der Waals surface area (Å²) in [4.78, 5) is 40.9. The molecule has 0 unspecified atom stereocenters. The first-order valence-electron chi connectivity index (χ1n) is 6.59. The smallest absolute Gasteiger partial charge is 0.411 e. The Kier molecular flexibility index (Phi) is 20.3. The van der Waals surface area contributed by atoms with Crippen molar-refractivity contribution in [3.8, 4) is 0 Å². The van der Waals surface area contributed by atoms with Crippen LogP contribution in [-0.2, 0) is 9.59 Å². The van der Waals surface area contributed by atoms with Crippen LogP contribution in [0, 0.1) is 0 Å². The second kappa shape index (κ2) is 17.8. The number of carboxylic acid groups (broad SMARTS) is 1. The molecule has 0 aliphatic heterocycles. The van der Waals surface area contributed by atoms with Crippen LogP contribution in [0.4, 0.5) is 9.59 Å². The van der Waals surface area contributed by atoms with Gasteiger partial charge in [-0.15, -0.1) is 0 Å². The van der Waals surface area contributed by atoms with Gasteiger partial charge in [0.2, 0.25) is 11.8 Å². The Morgan fingerprint density at radius 3 is 1.52 bits per heavy atom. The van der Waals surface area contributed by atoms with Crippen molar-refractivity contribution in [1.29, 1.82) is 0 Å². The molecular formula is C12H26N4O5. The van der Waals surface area contributed by atoms with Crippen molar-refractivity contribution in [2.45, 2.75) is 40.5 Å². The molecule has 9 nitrogen and oxygen atoms in total. The molecule has 124 valence electrons. The van der Waals surface area contributed by atoms with E-state index in [2.05, 4.69) is 10.6 Å². The molecular weight excluding hydrogens is 280 g/mol. The number of rotatable bonds is 3. The van der Waals surface area contributed by atoms with E-state index >= 15 is 0 Å². The minimum Gasteiger partial charge on any atom is -0.465 e. The number of nitrogens with two attached hydrogens (primary N) is 1. The Morgan fingerprint density at radius 1 is 0.905 bits per heavy atom. The van der Waals surface area contributed by atoms with Crippen LogP contribution < -0.4 is 21.7 Å². The predicted molar refractivity (Wildman–Crippen MR) is 78.7 cm³/mol. The first-order valence-corrected chi connectivity index (χ1v) is 6.59. The number of amides is 5. The van der Waals surface area contributed by atoms with Crippen LogP contribution in [0.3, 0.4) is 0 Å². The minimum atomic E-state index is -1.29. The lowest BCUT2D eigenvalue weighted by Gasteiger charge is -2.01. The molecule has 0 aromatic heterocycles. The lowest BCUT2D eigenvalue weighted by molar-refractivity contribution is -0.120. The van der Waals surface area contributed by atoms with E-state index in [1.807, 2.05) is 6.92 Å². The summed E-state index contributed by atoms with van der Waals surface area (Å²) in [5, 5.41) is 14.1. The molecule has 0 bridgehead atoms. The predicted octanol–water partition coefficient (Wildman–Crippen LogP) is 0.398. The summed E-state index contributed by atoms with van der Waals surface area (Å²) >= 11 is 0. The summed E-state index contributed by atoms with van der Waals surface area (Å²) in [6, 6.07) is -0.422. The summed E-state index contributed by atoms with van der Waals surface area (Å²) in [6.07, 6.45) is -0.763. The number of carbonyl (C=O) groups excluding carboxylic acids is 3. The average Bonchev–Trinajstić information content (AvgIpc) is 2.39. The molecule has 21 heavy (non-hydrogen) atoms. The molecule has 0 rings (SSSR count). The number of hydrogen-bond donors (Lipinski definition) is 5. The summed E-state index contributed by atoms with van der Waals surface area (Å²) in [6.45, 7) is 8.24. The Morgan fingerprint density at radius 2 is 1.29 bits per heavy atom. The van der Waals surface area contributed by atoms with E-state index in [1.165, 1.54) is 0 Å². The van der Waals surface area contributed by atoms with E-state index in [0.29, 0.717) is 13.0 Å². The largest absolute Gasteiger partial charge is 0.465 e. The number of nitrogens with one attached hydrogen (secondary N) is 3. The average molecular weight is 306 g/mol. The molecule has 9 heteroatoms. The third-order valence-electron chi connectivity index (χ3n) is 1.48.